The number of hydrogen-bond donors (Lipinski definition) is 1. The van der Waals surface area contributed by atoms with E-state index in [9.17, 15) is 40.7 Å². The van der Waals surface area contributed by atoms with Crippen LogP contribution in [0.3, 0.4) is 0 Å². The fraction of sp³-hybridized carbons (Fsp3) is 0.440. The van der Waals surface area contributed by atoms with E-state index in [1.165, 1.54) is 36.9 Å². The van der Waals surface area contributed by atoms with Gasteiger partial charge in [-0.2, -0.15) is 31.2 Å². The second-order valence-corrected chi connectivity index (χ2v) is 9.80. The lowest BCUT2D eigenvalue weighted by Crippen LogP contribution is -2.58. The van der Waals surface area contributed by atoms with E-state index >= 15 is 0 Å². The van der Waals surface area contributed by atoms with Gasteiger partial charge in [0.05, 0.1) is 24.6 Å². The molecular weight excluding hydrogens is 578 g/mol. The van der Waals surface area contributed by atoms with Crippen LogP contribution in [0.25, 0.3) is 0 Å². The first kappa shape index (κ1) is 30.5. The first-order valence-electron chi connectivity index (χ1n) is 12.5. The van der Waals surface area contributed by atoms with E-state index in [-0.39, 0.29) is 66.1 Å². The van der Waals surface area contributed by atoms with Crippen molar-refractivity contribution in [2.24, 2.45) is 0 Å². The fourth-order valence-electron chi connectivity index (χ4n) is 4.31. The minimum atomic E-state index is -5.34. The molecule has 0 radical (unpaired) electrons. The molecule has 226 valence electrons. The standard InChI is InChI=1S/C25H24F6N6O5/c1-12(2)41-18-6-5-15(10-17-13(3)14(4)20(38)34-37(17)42-23(40)25(29,30)31)9-16(18)21(39)35-7-8-36-19(11-35)32-33-22(36)24(26,27)28/h5-6,9,12H,7-8,10-11H2,1-4H3/p+1. The fourth-order valence-corrected chi connectivity index (χ4v) is 4.31. The molecule has 1 aliphatic rings. The van der Waals surface area contributed by atoms with E-state index in [0.717, 1.165) is 4.57 Å². The minimum Gasteiger partial charge on any atom is -0.490 e. The van der Waals surface area contributed by atoms with Gasteiger partial charge in [0.2, 0.25) is 5.82 Å². The quantitative estimate of drug-likeness (QED) is 0.339. The summed E-state index contributed by atoms with van der Waals surface area (Å²) in [5, 5.41) is 8.87. The van der Waals surface area contributed by atoms with Crippen molar-refractivity contribution >= 4 is 11.9 Å². The number of carbonyl (C=O) groups is 2. The predicted octanol–water partition coefficient (Wildman–Crippen LogP) is 2.44. The van der Waals surface area contributed by atoms with Crippen molar-refractivity contribution < 1.29 is 50.4 Å². The van der Waals surface area contributed by atoms with Crippen molar-refractivity contribution in [2.45, 2.75) is 65.7 Å². The maximum atomic E-state index is 13.6. The molecule has 0 saturated carbocycles. The van der Waals surface area contributed by atoms with Crippen molar-refractivity contribution in [1.82, 2.24) is 24.8 Å². The maximum absolute atomic E-state index is 13.6. The summed E-state index contributed by atoms with van der Waals surface area (Å²) in [6, 6.07) is 4.42. The predicted molar refractivity (Wildman–Crippen MR) is 129 cm³/mol. The third kappa shape index (κ3) is 6.23. The van der Waals surface area contributed by atoms with Crippen molar-refractivity contribution in [3.63, 3.8) is 0 Å². The molecule has 0 aliphatic carbocycles. The summed E-state index contributed by atoms with van der Waals surface area (Å²) in [5.74, 6) is -4.22. The second kappa shape index (κ2) is 11.1. The van der Waals surface area contributed by atoms with Crippen LogP contribution in [0.2, 0.25) is 0 Å². The highest BCUT2D eigenvalue weighted by Gasteiger charge is 2.46. The molecule has 3 heterocycles. The van der Waals surface area contributed by atoms with Crippen LogP contribution < -0.4 is 20.0 Å². The number of amides is 1. The molecule has 0 spiro atoms. The van der Waals surface area contributed by atoms with Gasteiger partial charge >= 0.3 is 23.9 Å². The molecule has 1 N–H and O–H groups in total. The molecule has 0 fully saturated rings. The number of nitrogens with one attached hydrogen (secondary N) is 1. The highest BCUT2D eigenvalue weighted by Crippen LogP contribution is 2.31. The number of halogens is 6. The molecule has 42 heavy (non-hydrogen) atoms. The Hall–Kier alpha value is -4.44. The lowest BCUT2D eigenvalue weighted by Gasteiger charge is -2.29. The Labute approximate surface area is 233 Å². The topological polar surface area (TPSA) is 123 Å². The largest absolute Gasteiger partial charge is 0.498 e. The number of rotatable bonds is 6. The van der Waals surface area contributed by atoms with E-state index in [4.69, 9.17) is 4.74 Å². The zero-order chi connectivity index (χ0) is 31.1. The first-order chi connectivity index (χ1) is 19.5. The molecule has 0 atom stereocenters. The smallest absolute Gasteiger partial charge is 0.490 e. The number of ether oxygens (including phenoxy) is 1. The van der Waals surface area contributed by atoms with Crippen molar-refractivity contribution in [3.8, 4) is 5.75 Å². The SMILES string of the molecule is Cc1c(C)c(=O)[nH][n+](OC(=O)C(F)(F)F)c1Cc1ccc(OC(C)C)c(C(=O)N2CCn3c(nnc3C(F)(F)F)C2)c1. The van der Waals surface area contributed by atoms with Gasteiger partial charge < -0.3 is 14.2 Å². The van der Waals surface area contributed by atoms with Gasteiger partial charge in [0.1, 0.15) is 10.6 Å². The van der Waals surface area contributed by atoms with E-state index in [1.54, 1.807) is 13.8 Å². The van der Waals surface area contributed by atoms with Crippen LogP contribution in [-0.2, 0) is 30.5 Å². The van der Waals surface area contributed by atoms with Gasteiger partial charge in [0, 0.05) is 24.2 Å². The summed E-state index contributed by atoms with van der Waals surface area (Å²) in [4.78, 5) is 43.4. The Bertz CT molecular complexity index is 1590. The second-order valence-electron chi connectivity index (χ2n) is 9.80. The number of aromatic amines is 1. The summed E-state index contributed by atoms with van der Waals surface area (Å²) in [5.41, 5.74) is -0.0000530. The number of alkyl halides is 6. The number of H-pyrrole nitrogens is 1. The van der Waals surface area contributed by atoms with Gasteiger partial charge in [-0.05, 0) is 45.4 Å². The van der Waals surface area contributed by atoms with Gasteiger partial charge in [0.25, 0.3) is 11.6 Å². The molecule has 1 aromatic carbocycles. The Morgan fingerprint density at radius 2 is 1.76 bits per heavy atom. The number of carbonyl (C=O) groups excluding carboxylic acids is 2. The summed E-state index contributed by atoms with van der Waals surface area (Å²) >= 11 is 0. The summed E-state index contributed by atoms with van der Waals surface area (Å²) in [6.07, 6.45) is -10.6. The summed E-state index contributed by atoms with van der Waals surface area (Å²) in [6.45, 7) is 5.76. The Balaban J connectivity index is 1.70. The van der Waals surface area contributed by atoms with Crippen LogP contribution >= 0.6 is 0 Å². The molecule has 4 rings (SSSR count). The third-order valence-corrected chi connectivity index (χ3v) is 6.49. The molecule has 1 aliphatic heterocycles. The molecule has 2 aromatic heterocycles. The van der Waals surface area contributed by atoms with Crippen LogP contribution in [0.1, 0.15) is 58.2 Å². The van der Waals surface area contributed by atoms with Gasteiger partial charge in [-0.25, -0.2) is 4.79 Å². The molecule has 1 amide bonds. The lowest BCUT2D eigenvalue weighted by atomic mass is 10.0. The molecule has 0 saturated heterocycles. The number of fused-ring (bicyclic) bond motifs is 1. The normalized spacial score (nSPS) is 13.7. The van der Waals surface area contributed by atoms with Crippen molar-refractivity contribution in [2.75, 3.05) is 6.54 Å². The molecule has 0 bridgehead atoms. The highest BCUT2D eigenvalue weighted by atomic mass is 19.4. The molecule has 0 unspecified atom stereocenters. The van der Waals surface area contributed by atoms with E-state index in [2.05, 4.69) is 20.1 Å². The Morgan fingerprint density at radius 1 is 1.07 bits per heavy atom. The lowest BCUT2D eigenvalue weighted by molar-refractivity contribution is -0.921. The van der Waals surface area contributed by atoms with E-state index in [1.807, 2.05) is 0 Å². The molecular formula is C25H25F6N6O5+. The van der Waals surface area contributed by atoms with Gasteiger partial charge in [-0.1, -0.05) is 11.2 Å². The minimum absolute atomic E-state index is 0.00798. The van der Waals surface area contributed by atoms with Crippen LogP contribution in [0.5, 0.6) is 5.75 Å². The first-order valence-corrected chi connectivity index (χ1v) is 12.5. The van der Waals surface area contributed by atoms with E-state index in [0.29, 0.717) is 10.4 Å². The zero-order valence-electron chi connectivity index (χ0n) is 22.7. The van der Waals surface area contributed by atoms with Crippen molar-refractivity contribution in [3.05, 3.63) is 68.1 Å². The Kier molecular flexibility index (Phi) is 8.06. The van der Waals surface area contributed by atoms with Gasteiger partial charge in [0.15, 0.2) is 5.82 Å². The molecule has 17 heteroatoms. The summed E-state index contributed by atoms with van der Waals surface area (Å²) in [7, 11) is 0. The maximum Gasteiger partial charge on any atom is 0.498 e. The monoisotopic (exact) mass is 603 g/mol. The van der Waals surface area contributed by atoms with E-state index < -0.39 is 35.6 Å². The average Bonchev–Trinajstić information content (AvgIpc) is 3.33. The average molecular weight is 604 g/mol. The van der Waals surface area contributed by atoms with Crippen LogP contribution in [0.4, 0.5) is 26.3 Å². The number of nitrogens with zero attached hydrogens (tertiary/aromatic N) is 5. The van der Waals surface area contributed by atoms with Gasteiger partial charge in [-0.15, -0.1) is 10.2 Å². The number of aromatic nitrogens is 5. The molecule has 3 aromatic rings. The van der Waals surface area contributed by atoms with Crippen LogP contribution in [-0.4, -0.2) is 55.5 Å². The van der Waals surface area contributed by atoms with Crippen LogP contribution in [0, 0.1) is 13.8 Å². The zero-order valence-corrected chi connectivity index (χ0v) is 22.7. The number of benzene rings is 1. The number of hydrogen-bond acceptors (Lipinski definition) is 7. The van der Waals surface area contributed by atoms with Crippen LogP contribution in [0.15, 0.2) is 23.0 Å². The van der Waals surface area contributed by atoms with Gasteiger partial charge in [-0.3, -0.25) is 9.59 Å². The molecule has 11 nitrogen and oxygen atoms in total. The summed E-state index contributed by atoms with van der Waals surface area (Å²) < 4.78 is 85.1. The highest BCUT2D eigenvalue weighted by molar-refractivity contribution is 5.97. The Morgan fingerprint density at radius 3 is 2.38 bits per heavy atom. The third-order valence-electron chi connectivity index (χ3n) is 6.49. The van der Waals surface area contributed by atoms with Crippen molar-refractivity contribution in [1.29, 1.82) is 0 Å².